The minimum Gasteiger partial charge on any atom is -0.337 e. The first kappa shape index (κ1) is 9.40. The zero-order valence-electron chi connectivity index (χ0n) is 7.31. The van der Waals surface area contributed by atoms with E-state index >= 15 is 0 Å². The Morgan fingerprint density at radius 3 is 2.79 bits per heavy atom. The summed E-state index contributed by atoms with van der Waals surface area (Å²) in [6.45, 7) is 1.80. The van der Waals surface area contributed by atoms with E-state index in [-0.39, 0.29) is 5.82 Å². The molecule has 0 unspecified atom stereocenters. The molecule has 2 nitrogen and oxygen atoms in total. The van der Waals surface area contributed by atoms with Crippen molar-refractivity contribution in [3.63, 3.8) is 0 Å². The van der Waals surface area contributed by atoms with E-state index in [0.717, 1.165) is 5.56 Å². The second-order valence-electron chi connectivity index (χ2n) is 3.02. The maximum atomic E-state index is 12.3. The molecule has 0 aliphatic rings. The number of nitrogens with one attached hydrogen (secondary N) is 1. The van der Waals surface area contributed by atoms with Crippen LogP contribution in [0, 0.1) is 6.92 Å². The van der Waals surface area contributed by atoms with Gasteiger partial charge in [-0.05, 0) is 18.6 Å². The Morgan fingerprint density at radius 2 is 2.14 bits per heavy atom. The summed E-state index contributed by atoms with van der Waals surface area (Å²) in [7, 11) is 0. The van der Waals surface area contributed by atoms with Crippen LogP contribution in [0.2, 0.25) is 5.02 Å². The number of imidazole rings is 1. The van der Waals surface area contributed by atoms with Crippen LogP contribution < -0.4 is 0 Å². The number of halogens is 3. The molecule has 2 rings (SSSR count). The Kier molecular flexibility index (Phi) is 2.15. The van der Waals surface area contributed by atoms with Crippen LogP contribution >= 0.6 is 11.6 Å². The number of nitrogens with zero attached hydrogens (tertiary/aromatic N) is 1. The molecule has 1 N–H and O–H groups in total. The largest absolute Gasteiger partial charge is 0.337 e. The molecule has 0 radical (unpaired) electrons. The number of H-pyrrole nitrogens is 1. The van der Waals surface area contributed by atoms with Gasteiger partial charge in [0.25, 0.3) is 6.43 Å². The van der Waals surface area contributed by atoms with Gasteiger partial charge in [-0.2, -0.15) is 0 Å². The van der Waals surface area contributed by atoms with Crippen molar-refractivity contribution in [3.8, 4) is 0 Å². The highest BCUT2D eigenvalue weighted by Gasteiger charge is 2.14. The third-order valence-corrected chi connectivity index (χ3v) is 2.49. The van der Waals surface area contributed by atoms with Gasteiger partial charge >= 0.3 is 0 Å². The molecule has 1 heterocycles. The van der Waals surface area contributed by atoms with Crippen LogP contribution in [-0.4, -0.2) is 9.97 Å². The van der Waals surface area contributed by atoms with Gasteiger partial charge in [0, 0.05) is 0 Å². The molecule has 0 saturated heterocycles. The fourth-order valence-corrected chi connectivity index (χ4v) is 1.47. The average molecular weight is 217 g/mol. The zero-order chi connectivity index (χ0) is 10.3. The smallest absolute Gasteiger partial charge is 0.295 e. The monoisotopic (exact) mass is 216 g/mol. The van der Waals surface area contributed by atoms with Crippen LogP contribution in [-0.2, 0) is 0 Å². The standard InChI is InChI=1S/C9H7ClF2N2/c1-4-2-3-5-7(6(4)10)14-9(13-5)8(11)12/h2-3,8H,1H3,(H,13,14). The Bertz CT molecular complexity index is 479. The lowest BCUT2D eigenvalue weighted by Crippen LogP contribution is -1.85. The molecular weight excluding hydrogens is 210 g/mol. The number of aromatic nitrogens is 2. The molecule has 0 amide bonds. The minimum absolute atomic E-state index is 0.340. The maximum Gasteiger partial charge on any atom is 0.295 e. The van der Waals surface area contributed by atoms with E-state index < -0.39 is 6.43 Å². The quantitative estimate of drug-likeness (QED) is 0.777. The summed E-state index contributed by atoms with van der Waals surface area (Å²) in [4.78, 5) is 6.25. The lowest BCUT2D eigenvalue weighted by Gasteiger charge is -1.95. The molecule has 2 aromatic rings. The van der Waals surface area contributed by atoms with Gasteiger partial charge in [0.2, 0.25) is 0 Å². The van der Waals surface area contributed by atoms with E-state index in [2.05, 4.69) is 9.97 Å². The molecule has 0 bridgehead atoms. The molecule has 0 saturated carbocycles. The lowest BCUT2D eigenvalue weighted by atomic mass is 10.2. The van der Waals surface area contributed by atoms with Crippen molar-refractivity contribution in [2.45, 2.75) is 13.3 Å². The molecule has 14 heavy (non-hydrogen) atoms. The van der Waals surface area contributed by atoms with Crippen LogP contribution in [0.1, 0.15) is 17.8 Å². The van der Waals surface area contributed by atoms with Crippen molar-refractivity contribution in [2.75, 3.05) is 0 Å². The number of aromatic amines is 1. The summed E-state index contributed by atoms with van der Waals surface area (Å²) >= 11 is 5.92. The van der Waals surface area contributed by atoms with Crippen LogP contribution in [0.5, 0.6) is 0 Å². The Balaban J connectivity index is 2.71. The molecule has 1 aromatic carbocycles. The number of hydrogen-bond acceptors (Lipinski definition) is 1. The van der Waals surface area contributed by atoms with Gasteiger partial charge in [-0.15, -0.1) is 0 Å². The minimum atomic E-state index is -2.60. The van der Waals surface area contributed by atoms with Gasteiger partial charge in [-0.3, -0.25) is 0 Å². The number of fused-ring (bicyclic) bond motifs is 1. The van der Waals surface area contributed by atoms with E-state index in [0.29, 0.717) is 16.1 Å². The number of alkyl halides is 2. The van der Waals surface area contributed by atoms with Crippen molar-refractivity contribution >= 4 is 22.6 Å². The topological polar surface area (TPSA) is 28.7 Å². The van der Waals surface area contributed by atoms with Gasteiger partial charge < -0.3 is 4.98 Å². The second kappa shape index (κ2) is 3.20. The van der Waals surface area contributed by atoms with Crippen LogP contribution in [0.3, 0.4) is 0 Å². The number of hydrogen-bond donors (Lipinski definition) is 1. The van der Waals surface area contributed by atoms with Gasteiger partial charge in [0.1, 0.15) is 5.52 Å². The summed E-state index contributed by atoms with van der Waals surface area (Å²) in [6.07, 6.45) is -2.60. The normalized spacial score (nSPS) is 11.5. The van der Waals surface area contributed by atoms with Gasteiger partial charge in [-0.1, -0.05) is 17.7 Å². The fourth-order valence-electron chi connectivity index (χ4n) is 1.27. The molecule has 0 atom stereocenters. The lowest BCUT2D eigenvalue weighted by molar-refractivity contribution is 0.142. The molecule has 74 valence electrons. The molecule has 5 heteroatoms. The molecular formula is C9H7ClF2N2. The first-order valence-electron chi connectivity index (χ1n) is 4.02. The molecule has 0 fully saturated rings. The van der Waals surface area contributed by atoms with Crippen LogP contribution in [0.15, 0.2) is 12.1 Å². The van der Waals surface area contributed by atoms with E-state index in [1.807, 2.05) is 0 Å². The van der Waals surface area contributed by atoms with Crippen molar-refractivity contribution in [3.05, 3.63) is 28.5 Å². The summed E-state index contributed by atoms with van der Waals surface area (Å²) < 4.78 is 24.6. The number of aryl methyl sites for hydroxylation is 1. The highest BCUT2D eigenvalue weighted by molar-refractivity contribution is 6.35. The van der Waals surface area contributed by atoms with E-state index in [1.54, 1.807) is 19.1 Å². The summed E-state index contributed by atoms with van der Waals surface area (Å²) in [5.41, 5.74) is 1.77. The molecule has 0 spiro atoms. The first-order chi connectivity index (χ1) is 6.59. The maximum absolute atomic E-state index is 12.3. The number of rotatable bonds is 1. The summed E-state index contributed by atoms with van der Waals surface area (Å²) in [6, 6.07) is 3.45. The Hall–Kier alpha value is -1.16. The van der Waals surface area contributed by atoms with E-state index in [9.17, 15) is 8.78 Å². The highest BCUT2D eigenvalue weighted by Crippen LogP contribution is 2.27. The average Bonchev–Trinajstić information content (AvgIpc) is 2.56. The third-order valence-electron chi connectivity index (χ3n) is 2.01. The van der Waals surface area contributed by atoms with Gasteiger partial charge in [0.15, 0.2) is 5.82 Å². The van der Waals surface area contributed by atoms with Gasteiger partial charge in [0.05, 0.1) is 10.5 Å². The van der Waals surface area contributed by atoms with Crippen molar-refractivity contribution in [2.24, 2.45) is 0 Å². The van der Waals surface area contributed by atoms with E-state index in [1.165, 1.54) is 0 Å². The third kappa shape index (κ3) is 1.35. The SMILES string of the molecule is Cc1ccc2[nH]c(C(F)F)nc2c1Cl. The van der Waals surface area contributed by atoms with Crippen LogP contribution in [0.4, 0.5) is 8.78 Å². The van der Waals surface area contributed by atoms with Gasteiger partial charge in [-0.25, -0.2) is 13.8 Å². The molecule has 1 aromatic heterocycles. The molecule has 0 aliphatic carbocycles. The highest BCUT2D eigenvalue weighted by atomic mass is 35.5. The van der Waals surface area contributed by atoms with Crippen molar-refractivity contribution < 1.29 is 8.78 Å². The predicted molar refractivity (Wildman–Crippen MR) is 50.8 cm³/mol. The number of benzene rings is 1. The predicted octanol–water partition coefficient (Wildman–Crippen LogP) is 3.46. The summed E-state index contributed by atoms with van der Waals surface area (Å²) in [5, 5.41) is 0.422. The van der Waals surface area contributed by atoms with Crippen LogP contribution in [0.25, 0.3) is 11.0 Å². The fraction of sp³-hybridized carbons (Fsp3) is 0.222. The van der Waals surface area contributed by atoms with Crippen molar-refractivity contribution in [1.29, 1.82) is 0 Å². The Labute approximate surface area is 83.9 Å². The van der Waals surface area contributed by atoms with E-state index in [4.69, 9.17) is 11.6 Å². The zero-order valence-corrected chi connectivity index (χ0v) is 8.07. The Morgan fingerprint density at radius 1 is 1.43 bits per heavy atom. The second-order valence-corrected chi connectivity index (χ2v) is 3.39. The molecule has 0 aliphatic heterocycles. The first-order valence-corrected chi connectivity index (χ1v) is 4.40. The summed E-state index contributed by atoms with van der Waals surface area (Å²) in [5.74, 6) is -0.340. The van der Waals surface area contributed by atoms with Crippen molar-refractivity contribution in [1.82, 2.24) is 9.97 Å².